The van der Waals surface area contributed by atoms with Crippen molar-refractivity contribution < 1.29 is 35.6 Å². The standard InChI is InChI=1S/Ca.Ga.GeH4.Y.5H/h;;1H4;;;;;;/q+2;;;;;;;2*-1. The number of hydrogen-bond donors (Lipinski definition) is 0. The summed E-state index contributed by atoms with van der Waals surface area (Å²) in [7, 11) is 0. The molecule has 0 aromatic heterocycles. The van der Waals surface area contributed by atoms with Crippen molar-refractivity contribution in [2.75, 3.05) is 0 Å². The molecule has 4 heteroatoms. The molecule has 0 saturated carbocycles. The minimum absolute atomic E-state index is 0. The maximum atomic E-state index is 0. The van der Waals surface area contributed by atoms with Crippen LogP contribution >= 0.6 is 0 Å². The van der Waals surface area contributed by atoms with E-state index in [-0.39, 0.29) is 111 Å². The SMILES string of the molecule is [Ca+2].[GaH3].[GeH4].[H-].[H-].[Y]. The Bertz CT molecular complexity index is 13.5. The molecule has 0 amide bonds. The normalized spacial score (nSPS) is 0. The van der Waals surface area contributed by atoms with Gasteiger partial charge in [-0.15, -0.1) is 0 Å². The third-order valence-electron chi connectivity index (χ3n) is 0. The summed E-state index contributed by atoms with van der Waals surface area (Å²) in [5.74, 6) is 0. The third kappa shape index (κ3) is 9.11. The van der Waals surface area contributed by atoms with Gasteiger partial charge in [-0.25, -0.2) is 0 Å². The first-order valence-electron chi connectivity index (χ1n) is 0. The Morgan fingerprint density at radius 1 is 1.25 bits per heavy atom. The second-order valence-electron chi connectivity index (χ2n) is 0. The van der Waals surface area contributed by atoms with Crippen molar-refractivity contribution in [1.82, 2.24) is 0 Å². The summed E-state index contributed by atoms with van der Waals surface area (Å²) < 4.78 is 0. The van der Waals surface area contributed by atoms with Gasteiger partial charge in [-0.1, -0.05) is 0 Å². The van der Waals surface area contributed by atoms with Gasteiger partial charge >= 0.3 is 75.1 Å². The zero-order valence-electron chi connectivity index (χ0n) is 3.28. The Labute approximate surface area is 108 Å². The van der Waals surface area contributed by atoms with Crippen LogP contribution in [0.1, 0.15) is 2.85 Å². The van der Waals surface area contributed by atoms with E-state index in [2.05, 4.69) is 0 Å². The van der Waals surface area contributed by atoms with Crippen molar-refractivity contribution in [2.24, 2.45) is 0 Å². The van der Waals surface area contributed by atoms with E-state index < -0.39 is 0 Å². The van der Waals surface area contributed by atoms with Crippen LogP contribution in [0.2, 0.25) is 0 Å². The first kappa shape index (κ1) is 25.7. The van der Waals surface area contributed by atoms with Gasteiger partial charge in [-0.2, -0.15) is 0 Å². The molecule has 0 atom stereocenters. The van der Waals surface area contributed by atoms with Crippen LogP contribution in [0.15, 0.2) is 0 Å². The molecule has 0 spiro atoms. The van der Waals surface area contributed by atoms with E-state index in [0.29, 0.717) is 0 Å². The Hall–Kier alpha value is 3.54. The summed E-state index contributed by atoms with van der Waals surface area (Å²) in [5.41, 5.74) is 0. The van der Waals surface area contributed by atoms with E-state index in [4.69, 9.17) is 0 Å². The van der Waals surface area contributed by atoms with Crippen LogP contribution in [0.5, 0.6) is 0 Å². The summed E-state index contributed by atoms with van der Waals surface area (Å²) >= 11 is 0. The molecule has 0 unspecified atom stereocenters. The fourth-order valence-electron chi connectivity index (χ4n) is 0. The van der Waals surface area contributed by atoms with Gasteiger partial charge in [-0.3, -0.25) is 0 Å². The van der Waals surface area contributed by atoms with Crippen LogP contribution in [0.4, 0.5) is 0 Å². The average molecular weight is 280 g/mol. The summed E-state index contributed by atoms with van der Waals surface area (Å²) in [5, 5.41) is 0. The van der Waals surface area contributed by atoms with Gasteiger partial charge in [0, 0.05) is 32.7 Å². The van der Waals surface area contributed by atoms with Crippen LogP contribution in [-0.4, -0.2) is 75.1 Å². The molecule has 0 aliphatic carbocycles. The molecule has 0 aromatic carbocycles. The minimum Gasteiger partial charge on any atom is -1.00 e. The number of rotatable bonds is 0. The summed E-state index contributed by atoms with van der Waals surface area (Å²) in [6.07, 6.45) is 0. The van der Waals surface area contributed by atoms with Crippen molar-refractivity contribution in [3.05, 3.63) is 0 Å². The third-order valence-corrected chi connectivity index (χ3v) is 0. The van der Waals surface area contributed by atoms with Crippen molar-refractivity contribution >= 4 is 75.1 Å². The average Bonchev–Trinajstić information content (AvgIpc) is 0. The first-order chi connectivity index (χ1) is 0. The van der Waals surface area contributed by atoms with E-state index in [1.807, 2.05) is 0 Å². The molecule has 0 fully saturated rings. The van der Waals surface area contributed by atoms with Crippen molar-refractivity contribution in [1.29, 1.82) is 0 Å². The van der Waals surface area contributed by atoms with E-state index in [1.54, 1.807) is 0 Å². The van der Waals surface area contributed by atoms with E-state index >= 15 is 0 Å². The second kappa shape index (κ2) is 16.0. The maximum absolute atomic E-state index is 0. The molecule has 0 nitrogen and oxygen atoms in total. The van der Waals surface area contributed by atoms with Gasteiger partial charge in [0.1, 0.15) is 0 Å². The molecule has 0 saturated heterocycles. The van der Waals surface area contributed by atoms with Crippen LogP contribution in [0.3, 0.4) is 0 Å². The fraction of sp³-hybridized carbons (Fsp3) is 0. The van der Waals surface area contributed by atoms with E-state index in [1.165, 1.54) is 0 Å². The quantitative estimate of drug-likeness (QED) is 0.421. The van der Waals surface area contributed by atoms with Crippen LogP contribution in [0.25, 0.3) is 0 Å². The van der Waals surface area contributed by atoms with Gasteiger partial charge in [0.25, 0.3) is 0 Å². The molecule has 0 heterocycles. The Morgan fingerprint density at radius 2 is 1.25 bits per heavy atom. The maximum Gasteiger partial charge on any atom is 0 e. The van der Waals surface area contributed by atoms with Crippen LogP contribution in [0, 0.1) is 0 Å². The second-order valence-corrected chi connectivity index (χ2v) is 0. The Kier molecular flexibility index (Phi) is 103. The Balaban J connectivity index is 0. The first-order valence-corrected chi connectivity index (χ1v) is 0. The molecule has 21 valence electrons. The topological polar surface area (TPSA) is 0 Å². The molecule has 4 heavy (non-hydrogen) atoms. The molecule has 0 aliphatic heterocycles. The molecule has 1 radical (unpaired) electrons. The number of hydrogen-bond acceptors (Lipinski definition) is 0. The molecule has 0 aromatic rings. The summed E-state index contributed by atoms with van der Waals surface area (Å²) in [6.45, 7) is 0. The van der Waals surface area contributed by atoms with Crippen molar-refractivity contribution in [3.63, 3.8) is 0 Å². The van der Waals surface area contributed by atoms with Gasteiger partial charge in [0.2, 0.25) is 0 Å². The molecule has 0 aliphatic rings. The predicted octanol–water partition coefficient (Wildman–Crippen LogP) is -2.79. The summed E-state index contributed by atoms with van der Waals surface area (Å²) in [4.78, 5) is 0. The molecule has 0 N–H and O–H groups in total. The van der Waals surface area contributed by atoms with E-state index in [0.717, 1.165) is 0 Å². The zero-order valence-corrected chi connectivity index (χ0v) is 6.33. The fourth-order valence-corrected chi connectivity index (χ4v) is 0. The smallest absolute Gasteiger partial charge is 0 e. The largest absolute Gasteiger partial charge is 1.00 e. The van der Waals surface area contributed by atoms with E-state index in [9.17, 15) is 0 Å². The summed E-state index contributed by atoms with van der Waals surface area (Å²) in [6, 6.07) is 0. The molecular formula is H9CaGaGeY. The van der Waals surface area contributed by atoms with Gasteiger partial charge in [0.15, 0.2) is 0 Å². The molecule has 0 rings (SSSR count). The molecule has 0 bridgehead atoms. The Morgan fingerprint density at radius 3 is 1.25 bits per heavy atom. The minimum atomic E-state index is 0. The predicted molar refractivity (Wildman–Crippen MR) is 29.3 cm³/mol. The van der Waals surface area contributed by atoms with Gasteiger partial charge in [-0.05, 0) is 0 Å². The van der Waals surface area contributed by atoms with Crippen LogP contribution in [-0.2, 0) is 32.7 Å². The zero-order chi connectivity index (χ0) is 0. The van der Waals surface area contributed by atoms with Crippen molar-refractivity contribution in [3.8, 4) is 0 Å². The van der Waals surface area contributed by atoms with Gasteiger partial charge in [0.05, 0.1) is 0 Å². The van der Waals surface area contributed by atoms with Crippen LogP contribution < -0.4 is 0 Å². The van der Waals surface area contributed by atoms with Crippen molar-refractivity contribution in [2.45, 2.75) is 0 Å². The van der Waals surface area contributed by atoms with Gasteiger partial charge < -0.3 is 2.85 Å². The monoisotopic (exact) mass is 281 g/mol. The molecular weight excluding hydrogens is 271 g/mol.